The zero-order chi connectivity index (χ0) is 44.7. The van der Waals surface area contributed by atoms with Crippen molar-refractivity contribution in [2.24, 2.45) is 20.5 Å². The van der Waals surface area contributed by atoms with E-state index in [1.165, 1.54) is 12.1 Å². The fourth-order valence-corrected chi connectivity index (χ4v) is 8.46. The summed E-state index contributed by atoms with van der Waals surface area (Å²) >= 11 is 0. The first kappa shape index (κ1) is 56.2. The third-order valence-corrected chi connectivity index (χ3v) is 11.7. The summed E-state index contributed by atoms with van der Waals surface area (Å²) in [6.07, 6.45) is -0.290. The van der Waals surface area contributed by atoms with Gasteiger partial charge >= 0.3 is 106 Å². The van der Waals surface area contributed by atoms with E-state index < -0.39 is 74.6 Å². The topological polar surface area (TPSA) is 342 Å². The van der Waals surface area contributed by atoms with E-state index in [0.29, 0.717) is 28.3 Å². The maximum atomic E-state index is 12.6. The molecule has 66 heavy (non-hydrogen) atoms. The first-order valence-corrected chi connectivity index (χ1v) is 20.7. The van der Waals surface area contributed by atoms with Gasteiger partial charge in [-0.25, -0.2) is 16.8 Å². The maximum Gasteiger partial charge on any atom is 3.00 e. The summed E-state index contributed by atoms with van der Waals surface area (Å²) in [4.78, 5) is 19.3. The molecule has 319 valence electrons. The van der Waals surface area contributed by atoms with Gasteiger partial charge in [0.15, 0.2) is 0 Å². The molecule has 0 N–H and O–H groups in total. The normalized spacial score (nSPS) is 13.4. The molecule has 7 aromatic rings. The molecule has 7 aromatic carbocycles. The van der Waals surface area contributed by atoms with Crippen LogP contribution in [-0.2, 0) is 50.4 Å². The Morgan fingerprint density at radius 3 is 1.45 bits per heavy atom. The predicted octanol–water partition coefficient (Wildman–Crippen LogP) is -3.18. The summed E-state index contributed by atoms with van der Waals surface area (Å²) in [5.74, 6) is -2.67. The number of hydrogen-bond donors (Lipinski definition) is 0. The molecule has 8 rings (SSSR count). The number of nitro benzene ring substituents is 1. The van der Waals surface area contributed by atoms with Crippen molar-refractivity contribution in [1.82, 2.24) is 0 Å². The average Bonchev–Trinajstić information content (AvgIpc) is 3.22. The summed E-state index contributed by atoms with van der Waals surface area (Å²) in [5.41, 5.74) is -1.04. The van der Waals surface area contributed by atoms with Gasteiger partial charge < -0.3 is 29.5 Å². The van der Waals surface area contributed by atoms with E-state index in [1.54, 1.807) is 60.7 Å². The Morgan fingerprint density at radius 1 is 0.515 bits per heavy atom. The van der Waals surface area contributed by atoms with Gasteiger partial charge in [-0.2, -0.15) is 20.5 Å². The number of rotatable bonds is 8. The molecular formula is C40H24CrN6Na3O14S2. The van der Waals surface area contributed by atoms with Crippen molar-refractivity contribution in [2.45, 2.75) is 35.1 Å². The molecule has 1 unspecified atom stereocenters. The Hall–Kier alpha value is -4.13. The largest absolute Gasteiger partial charge is 3.00 e. The Morgan fingerprint density at radius 2 is 0.970 bits per heavy atom. The van der Waals surface area contributed by atoms with E-state index in [0.717, 1.165) is 23.6 Å². The van der Waals surface area contributed by atoms with Gasteiger partial charge in [-0.15, -0.1) is 0 Å². The number of fused-ring (bicyclic) bond motifs is 4. The second kappa shape index (κ2) is 22.8. The minimum Gasteiger partial charge on any atom is -0.871 e. The summed E-state index contributed by atoms with van der Waals surface area (Å²) in [5, 5.41) is 89.6. The summed E-state index contributed by atoms with van der Waals surface area (Å²) in [6.45, 7) is 0. The van der Waals surface area contributed by atoms with Crippen LogP contribution in [0.15, 0.2) is 133 Å². The van der Waals surface area contributed by atoms with Gasteiger partial charge in [0.05, 0.1) is 37.5 Å². The van der Waals surface area contributed by atoms with Crippen LogP contribution in [0.25, 0.3) is 32.3 Å². The van der Waals surface area contributed by atoms with Gasteiger partial charge in [-0.1, -0.05) is 102 Å². The molecule has 1 radical (unpaired) electrons. The molecule has 1 atom stereocenters. The van der Waals surface area contributed by atoms with E-state index in [-0.39, 0.29) is 170 Å². The third-order valence-electron chi connectivity index (χ3n) is 9.90. The molecule has 0 saturated heterocycles. The van der Waals surface area contributed by atoms with Crippen LogP contribution in [0.4, 0.5) is 28.4 Å². The van der Waals surface area contributed by atoms with Crippen molar-refractivity contribution in [1.29, 1.82) is 0 Å². The van der Waals surface area contributed by atoms with Gasteiger partial charge in [-0.05, 0) is 40.5 Å². The van der Waals surface area contributed by atoms with Crippen LogP contribution in [0.5, 0.6) is 23.0 Å². The zero-order valence-electron chi connectivity index (χ0n) is 34.6. The smallest absolute Gasteiger partial charge is 0.871 e. The monoisotopic (exact) mass is 997 g/mol. The maximum absolute atomic E-state index is 12.6. The Balaban J connectivity index is 0.000000330. The standard InChI is InChI=1S/C20H17N3O7S.C20H13N3O7S.Cr.3Na/c2*24-16-8-5-11-3-1-2-4-13(11)19(16)21-22-20-14-7-6-12(23(26)27)9-15(14)18(10-17(20)25)31(28,29)30;;;;/h1-5,8,10,12,24-25H,6-7,9H2,(H,28,29,30);1-10,24-25H,(H,28,29,30);;;;/q;;+3;3*+1/p-6. The molecule has 0 aliphatic heterocycles. The minimum atomic E-state index is -5.11. The molecule has 26 heteroatoms. The van der Waals surface area contributed by atoms with Crippen LogP contribution >= 0.6 is 0 Å². The molecular weight excluding hydrogens is 974 g/mol. The molecule has 0 bridgehead atoms. The van der Waals surface area contributed by atoms with Gasteiger partial charge in [-0.3, -0.25) is 20.2 Å². The summed E-state index contributed by atoms with van der Waals surface area (Å²) < 4.78 is 69.8. The Labute approximate surface area is 451 Å². The van der Waals surface area contributed by atoms with Gasteiger partial charge in [0.25, 0.3) is 5.69 Å². The van der Waals surface area contributed by atoms with Gasteiger partial charge in [0, 0.05) is 51.4 Å². The van der Waals surface area contributed by atoms with Crippen LogP contribution in [0.3, 0.4) is 0 Å². The van der Waals surface area contributed by atoms with Gasteiger partial charge in [0.2, 0.25) is 6.04 Å². The van der Waals surface area contributed by atoms with Crippen molar-refractivity contribution in [3.05, 3.63) is 134 Å². The van der Waals surface area contributed by atoms with Crippen molar-refractivity contribution in [3.8, 4) is 23.0 Å². The number of azo groups is 2. The number of nitro groups is 2. The quantitative estimate of drug-likeness (QED) is 0.0477. The molecule has 0 spiro atoms. The van der Waals surface area contributed by atoms with Crippen molar-refractivity contribution in [2.75, 3.05) is 0 Å². The molecule has 1 aliphatic carbocycles. The van der Waals surface area contributed by atoms with Crippen LogP contribution in [0.1, 0.15) is 17.5 Å². The SMILES string of the molecule is O=[N+]([O-])C1CCc2c(c(S(=O)(=O)[O-])cc([O-])c2N=Nc2c([O-])ccc3ccccc23)C1.O=[N+]([O-])c1ccc2c(N=Nc3c([O-])ccc4ccccc34)c([O-])cc(S(=O)(=O)[O-])c2c1.[Cr+3].[Na+].[Na+].[Na+]. The summed E-state index contributed by atoms with van der Waals surface area (Å²) in [7, 11) is -10.1. The van der Waals surface area contributed by atoms with Crippen LogP contribution in [0, 0.1) is 20.2 Å². The van der Waals surface area contributed by atoms with Gasteiger partial charge in [0.1, 0.15) is 20.2 Å². The molecule has 0 heterocycles. The van der Waals surface area contributed by atoms with Crippen molar-refractivity contribution in [3.63, 3.8) is 0 Å². The average molecular weight is 998 g/mol. The van der Waals surface area contributed by atoms with Crippen molar-refractivity contribution >= 4 is 81.0 Å². The van der Waals surface area contributed by atoms with Crippen LogP contribution in [0.2, 0.25) is 0 Å². The van der Waals surface area contributed by atoms with E-state index >= 15 is 0 Å². The first-order chi connectivity index (χ1) is 29.3. The first-order valence-electron chi connectivity index (χ1n) is 17.9. The fraction of sp³-hybridized carbons (Fsp3) is 0.100. The van der Waals surface area contributed by atoms with E-state index in [2.05, 4.69) is 20.5 Å². The number of benzene rings is 7. The Bertz CT molecular complexity index is 3330. The molecule has 0 fully saturated rings. The minimum absolute atomic E-state index is 0. The summed E-state index contributed by atoms with van der Waals surface area (Å²) in [6, 6.07) is 22.8. The van der Waals surface area contributed by atoms with Crippen LogP contribution in [-0.4, -0.2) is 41.8 Å². The molecule has 1 aliphatic rings. The van der Waals surface area contributed by atoms with E-state index in [9.17, 15) is 66.6 Å². The predicted molar refractivity (Wildman–Crippen MR) is 210 cm³/mol. The van der Waals surface area contributed by atoms with E-state index in [4.69, 9.17) is 0 Å². The van der Waals surface area contributed by atoms with E-state index in [1.807, 2.05) is 0 Å². The number of nitrogens with zero attached hydrogens (tertiary/aromatic N) is 6. The van der Waals surface area contributed by atoms with Crippen LogP contribution < -0.4 is 109 Å². The number of hydrogen-bond acceptors (Lipinski definition) is 18. The fourth-order valence-electron chi connectivity index (χ4n) is 7.01. The molecule has 0 aromatic heterocycles. The number of non-ortho nitro benzene ring substituents is 1. The molecule has 0 amide bonds. The molecule has 20 nitrogen and oxygen atoms in total. The second-order valence-corrected chi connectivity index (χ2v) is 16.3. The Kier molecular flexibility index (Phi) is 19.4. The second-order valence-electron chi connectivity index (χ2n) is 13.6. The van der Waals surface area contributed by atoms with Crippen molar-refractivity contribution < 1.29 is 162 Å². The molecule has 0 saturated carbocycles. The zero-order valence-corrected chi connectivity index (χ0v) is 43.5. The third kappa shape index (κ3) is 11.9.